The highest BCUT2D eigenvalue weighted by atomic mass is 79.9. The summed E-state index contributed by atoms with van der Waals surface area (Å²) < 4.78 is 5.56. The van der Waals surface area contributed by atoms with Crippen molar-refractivity contribution in [1.82, 2.24) is 14.9 Å². The molecule has 6 nitrogen and oxygen atoms in total. The minimum atomic E-state index is -0.152. The van der Waals surface area contributed by atoms with Crippen molar-refractivity contribution in [1.29, 1.82) is 0 Å². The number of hydrogen-bond acceptors (Lipinski definition) is 6. The van der Waals surface area contributed by atoms with Gasteiger partial charge in [-0.2, -0.15) is 0 Å². The maximum Gasteiger partial charge on any atom is 0.306 e. The Bertz CT molecular complexity index is 435. The molecule has 1 saturated heterocycles. The number of nitrogens with zero attached hydrogens (tertiary/aromatic N) is 4. The van der Waals surface area contributed by atoms with Gasteiger partial charge in [0.1, 0.15) is 12.1 Å². The fourth-order valence-electron chi connectivity index (χ4n) is 2.07. The van der Waals surface area contributed by atoms with Crippen LogP contribution in [0.25, 0.3) is 0 Å². The van der Waals surface area contributed by atoms with E-state index in [-0.39, 0.29) is 5.97 Å². The van der Waals surface area contributed by atoms with Crippen molar-refractivity contribution in [2.45, 2.75) is 6.42 Å². The number of aromatic nitrogens is 2. The Morgan fingerprint density at radius 1 is 1.42 bits per heavy atom. The molecule has 0 unspecified atom stereocenters. The molecule has 0 radical (unpaired) electrons. The van der Waals surface area contributed by atoms with E-state index in [1.165, 1.54) is 7.11 Å². The largest absolute Gasteiger partial charge is 0.469 e. The fraction of sp³-hybridized carbons (Fsp3) is 0.583. The zero-order chi connectivity index (χ0) is 13.7. The van der Waals surface area contributed by atoms with Gasteiger partial charge in [0.15, 0.2) is 0 Å². The van der Waals surface area contributed by atoms with E-state index in [4.69, 9.17) is 0 Å². The normalized spacial score (nSPS) is 16.4. The molecule has 1 aromatic rings. The lowest BCUT2D eigenvalue weighted by Gasteiger charge is -2.35. The third kappa shape index (κ3) is 3.87. The van der Waals surface area contributed by atoms with E-state index in [2.05, 4.69) is 40.4 Å². The lowest BCUT2D eigenvalue weighted by molar-refractivity contribution is -0.141. The van der Waals surface area contributed by atoms with Crippen LogP contribution >= 0.6 is 15.9 Å². The monoisotopic (exact) mass is 328 g/mol. The molecule has 0 bridgehead atoms. The van der Waals surface area contributed by atoms with Crippen molar-refractivity contribution in [2.24, 2.45) is 0 Å². The van der Waals surface area contributed by atoms with Crippen molar-refractivity contribution >= 4 is 27.7 Å². The second-order valence-corrected chi connectivity index (χ2v) is 5.20. The molecule has 1 fully saturated rings. The van der Waals surface area contributed by atoms with Gasteiger partial charge in [-0.3, -0.25) is 9.69 Å². The van der Waals surface area contributed by atoms with Crippen LogP contribution in [-0.2, 0) is 9.53 Å². The SMILES string of the molecule is COC(=O)CCN1CCN(c2ncncc2Br)CC1. The Morgan fingerprint density at radius 2 is 2.16 bits per heavy atom. The van der Waals surface area contributed by atoms with Crippen LogP contribution in [0, 0.1) is 0 Å². The third-order valence-corrected chi connectivity index (χ3v) is 3.74. The van der Waals surface area contributed by atoms with Gasteiger partial charge in [-0.1, -0.05) is 0 Å². The van der Waals surface area contributed by atoms with Crippen LogP contribution < -0.4 is 4.90 Å². The van der Waals surface area contributed by atoms with Gasteiger partial charge in [0.25, 0.3) is 0 Å². The second kappa shape index (κ2) is 6.81. The summed E-state index contributed by atoms with van der Waals surface area (Å²) in [4.78, 5) is 23.8. The Labute approximate surface area is 120 Å². The molecule has 0 aliphatic carbocycles. The van der Waals surface area contributed by atoms with Crippen LogP contribution in [0.5, 0.6) is 0 Å². The summed E-state index contributed by atoms with van der Waals surface area (Å²) in [5.41, 5.74) is 0. The van der Waals surface area contributed by atoms with E-state index in [0.717, 1.165) is 43.0 Å². The topological polar surface area (TPSA) is 58.6 Å². The molecule has 2 heterocycles. The molecule has 0 aromatic carbocycles. The number of carbonyl (C=O) groups excluding carboxylic acids is 1. The standard InChI is InChI=1S/C12H17BrN4O2/c1-19-11(18)2-3-16-4-6-17(7-5-16)12-10(13)8-14-9-15-12/h8-9H,2-7H2,1H3. The second-order valence-electron chi connectivity index (χ2n) is 4.35. The van der Waals surface area contributed by atoms with E-state index >= 15 is 0 Å². The van der Waals surface area contributed by atoms with Crippen molar-refractivity contribution in [2.75, 3.05) is 44.7 Å². The Balaban J connectivity index is 1.83. The van der Waals surface area contributed by atoms with Crippen molar-refractivity contribution < 1.29 is 9.53 Å². The van der Waals surface area contributed by atoms with Crippen molar-refractivity contribution in [3.05, 3.63) is 17.0 Å². The zero-order valence-electron chi connectivity index (χ0n) is 10.9. The third-order valence-electron chi connectivity index (χ3n) is 3.18. The average Bonchev–Trinajstić information content (AvgIpc) is 2.46. The highest BCUT2D eigenvalue weighted by Gasteiger charge is 2.20. The summed E-state index contributed by atoms with van der Waals surface area (Å²) in [6.07, 6.45) is 3.77. The maximum absolute atomic E-state index is 11.1. The van der Waals surface area contributed by atoms with Gasteiger partial charge in [-0.25, -0.2) is 9.97 Å². The van der Waals surface area contributed by atoms with E-state index in [1.54, 1.807) is 12.5 Å². The summed E-state index contributed by atoms with van der Waals surface area (Å²) in [6, 6.07) is 0. The molecular weight excluding hydrogens is 312 g/mol. The molecule has 0 N–H and O–H groups in total. The highest BCUT2D eigenvalue weighted by molar-refractivity contribution is 9.10. The summed E-state index contributed by atoms with van der Waals surface area (Å²) in [5.74, 6) is 0.781. The van der Waals surface area contributed by atoms with Crippen LogP contribution in [0.3, 0.4) is 0 Å². The summed E-state index contributed by atoms with van der Waals surface area (Å²) in [6.45, 7) is 4.40. The van der Waals surface area contributed by atoms with E-state index in [1.807, 2.05) is 0 Å². The van der Waals surface area contributed by atoms with E-state index in [9.17, 15) is 4.79 Å². The summed E-state index contributed by atoms with van der Waals surface area (Å²) in [5, 5.41) is 0. The zero-order valence-corrected chi connectivity index (χ0v) is 12.5. The van der Waals surface area contributed by atoms with Crippen molar-refractivity contribution in [3.63, 3.8) is 0 Å². The van der Waals surface area contributed by atoms with Crippen LogP contribution in [-0.4, -0.2) is 60.7 Å². The highest BCUT2D eigenvalue weighted by Crippen LogP contribution is 2.22. The predicted octanol–water partition coefficient (Wildman–Crippen LogP) is 0.924. The Kier molecular flexibility index (Phi) is 5.09. The predicted molar refractivity (Wildman–Crippen MR) is 75.0 cm³/mol. The molecule has 0 amide bonds. The van der Waals surface area contributed by atoms with Crippen molar-refractivity contribution in [3.8, 4) is 0 Å². The lowest BCUT2D eigenvalue weighted by Crippen LogP contribution is -2.47. The minimum Gasteiger partial charge on any atom is -0.469 e. The Morgan fingerprint density at radius 3 is 2.79 bits per heavy atom. The first-order valence-electron chi connectivity index (χ1n) is 6.20. The first-order chi connectivity index (χ1) is 9.20. The van der Waals surface area contributed by atoms with Crippen LogP contribution in [0.15, 0.2) is 17.0 Å². The minimum absolute atomic E-state index is 0.152. The number of rotatable bonds is 4. The molecule has 104 valence electrons. The molecule has 1 aliphatic rings. The molecule has 0 saturated carbocycles. The summed E-state index contributed by atoms with van der Waals surface area (Å²) in [7, 11) is 1.42. The molecule has 2 rings (SSSR count). The van der Waals surface area contributed by atoms with E-state index < -0.39 is 0 Å². The smallest absolute Gasteiger partial charge is 0.306 e. The van der Waals surface area contributed by atoms with Gasteiger partial charge in [0.2, 0.25) is 0 Å². The Hall–Kier alpha value is -1.21. The molecule has 1 aromatic heterocycles. The molecule has 0 spiro atoms. The van der Waals surface area contributed by atoms with Gasteiger partial charge in [-0.15, -0.1) is 0 Å². The fourth-order valence-corrected chi connectivity index (χ4v) is 2.54. The maximum atomic E-state index is 11.1. The average molecular weight is 329 g/mol. The van der Waals surface area contributed by atoms with Crippen LogP contribution in [0.2, 0.25) is 0 Å². The van der Waals surface area contributed by atoms with Gasteiger partial charge in [0, 0.05) is 38.9 Å². The molecule has 7 heteroatoms. The van der Waals surface area contributed by atoms with E-state index in [0.29, 0.717) is 6.42 Å². The van der Waals surface area contributed by atoms with Crippen LogP contribution in [0.1, 0.15) is 6.42 Å². The van der Waals surface area contributed by atoms with Crippen LogP contribution in [0.4, 0.5) is 5.82 Å². The molecule has 19 heavy (non-hydrogen) atoms. The van der Waals surface area contributed by atoms with Gasteiger partial charge in [0.05, 0.1) is 18.0 Å². The number of ether oxygens (including phenoxy) is 1. The molecule has 1 aliphatic heterocycles. The number of piperazine rings is 1. The lowest BCUT2D eigenvalue weighted by atomic mass is 10.3. The van der Waals surface area contributed by atoms with Gasteiger partial charge < -0.3 is 9.64 Å². The number of hydrogen-bond donors (Lipinski definition) is 0. The van der Waals surface area contributed by atoms with Gasteiger partial charge >= 0.3 is 5.97 Å². The quantitative estimate of drug-likeness (QED) is 0.766. The first-order valence-corrected chi connectivity index (χ1v) is 6.99. The summed E-state index contributed by atoms with van der Waals surface area (Å²) >= 11 is 3.46. The number of halogens is 1. The number of anilines is 1. The van der Waals surface area contributed by atoms with Gasteiger partial charge in [-0.05, 0) is 15.9 Å². The molecule has 0 atom stereocenters. The first kappa shape index (κ1) is 14.2. The number of methoxy groups -OCH3 is 1. The molecular formula is C12H17BrN4O2. The number of carbonyl (C=O) groups is 1. The number of esters is 1.